The molecule has 1 aromatic carbocycles. The molecule has 2 N–H and O–H groups in total. The van der Waals surface area contributed by atoms with E-state index in [1.807, 2.05) is 0 Å². The molecule has 3 rings (SSSR count). The second kappa shape index (κ2) is 4.81. The van der Waals surface area contributed by atoms with E-state index in [1.54, 1.807) is 5.56 Å². The molecular weight excluding hydrogens is 206 g/mol. The van der Waals surface area contributed by atoms with Gasteiger partial charge in [-0.05, 0) is 61.8 Å². The highest BCUT2D eigenvalue weighted by Gasteiger charge is 2.39. The largest absolute Gasteiger partial charge is 0.328 e. The Morgan fingerprint density at radius 1 is 1.00 bits per heavy atom. The molecule has 17 heavy (non-hydrogen) atoms. The van der Waals surface area contributed by atoms with Crippen LogP contribution in [0.25, 0.3) is 0 Å². The Morgan fingerprint density at radius 2 is 1.71 bits per heavy atom. The molecule has 0 heterocycles. The summed E-state index contributed by atoms with van der Waals surface area (Å²) in [5, 5.41) is 0. The van der Waals surface area contributed by atoms with Crippen LogP contribution >= 0.6 is 0 Å². The average molecular weight is 229 g/mol. The molecule has 1 nitrogen and oxygen atoms in total. The van der Waals surface area contributed by atoms with E-state index >= 15 is 0 Å². The number of hydrogen-bond donors (Lipinski definition) is 1. The maximum atomic E-state index is 5.96. The van der Waals surface area contributed by atoms with E-state index in [-0.39, 0.29) is 0 Å². The SMILES string of the molecule is NC1CCC(C[C@@H]2C[C@H]2c2ccccc2)CC1. The highest BCUT2D eigenvalue weighted by atomic mass is 14.6. The van der Waals surface area contributed by atoms with Crippen molar-refractivity contribution in [1.29, 1.82) is 0 Å². The van der Waals surface area contributed by atoms with E-state index in [1.165, 1.54) is 38.5 Å². The maximum Gasteiger partial charge on any atom is 0.00390 e. The maximum absolute atomic E-state index is 5.96. The van der Waals surface area contributed by atoms with Gasteiger partial charge in [-0.3, -0.25) is 0 Å². The molecule has 2 atom stereocenters. The summed E-state index contributed by atoms with van der Waals surface area (Å²) in [5.41, 5.74) is 7.52. The topological polar surface area (TPSA) is 26.0 Å². The van der Waals surface area contributed by atoms with E-state index in [0.29, 0.717) is 6.04 Å². The van der Waals surface area contributed by atoms with Crippen molar-refractivity contribution in [2.45, 2.75) is 50.5 Å². The zero-order valence-electron chi connectivity index (χ0n) is 10.5. The summed E-state index contributed by atoms with van der Waals surface area (Å²) in [4.78, 5) is 0. The van der Waals surface area contributed by atoms with Crippen LogP contribution in [0.5, 0.6) is 0 Å². The van der Waals surface area contributed by atoms with Crippen LogP contribution in [0.4, 0.5) is 0 Å². The second-order valence-electron chi connectivity index (χ2n) is 6.03. The van der Waals surface area contributed by atoms with Gasteiger partial charge in [-0.2, -0.15) is 0 Å². The van der Waals surface area contributed by atoms with E-state index in [2.05, 4.69) is 30.3 Å². The molecule has 2 fully saturated rings. The predicted octanol–water partition coefficient (Wildman–Crippen LogP) is 3.70. The third kappa shape index (κ3) is 2.71. The fourth-order valence-corrected chi connectivity index (χ4v) is 3.47. The van der Waals surface area contributed by atoms with Gasteiger partial charge < -0.3 is 5.73 Å². The lowest BCUT2D eigenvalue weighted by molar-refractivity contribution is 0.298. The number of nitrogens with two attached hydrogens (primary N) is 1. The first-order chi connectivity index (χ1) is 8.33. The van der Waals surface area contributed by atoms with Gasteiger partial charge in [0.05, 0.1) is 0 Å². The van der Waals surface area contributed by atoms with E-state index in [4.69, 9.17) is 5.73 Å². The van der Waals surface area contributed by atoms with Crippen molar-refractivity contribution in [3.63, 3.8) is 0 Å². The minimum Gasteiger partial charge on any atom is -0.328 e. The molecule has 0 unspecified atom stereocenters. The van der Waals surface area contributed by atoms with Crippen LogP contribution < -0.4 is 5.73 Å². The van der Waals surface area contributed by atoms with E-state index < -0.39 is 0 Å². The van der Waals surface area contributed by atoms with E-state index in [0.717, 1.165) is 17.8 Å². The van der Waals surface area contributed by atoms with Crippen molar-refractivity contribution in [2.75, 3.05) is 0 Å². The monoisotopic (exact) mass is 229 g/mol. The van der Waals surface area contributed by atoms with Gasteiger partial charge in [0.15, 0.2) is 0 Å². The van der Waals surface area contributed by atoms with Gasteiger partial charge in [-0.15, -0.1) is 0 Å². The fraction of sp³-hybridized carbons (Fsp3) is 0.625. The zero-order chi connectivity index (χ0) is 11.7. The Bertz CT molecular complexity index is 351. The van der Waals surface area contributed by atoms with Crippen LogP contribution in [0, 0.1) is 11.8 Å². The van der Waals surface area contributed by atoms with Crippen LogP contribution in [-0.2, 0) is 0 Å². The third-order valence-electron chi connectivity index (χ3n) is 4.68. The third-order valence-corrected chi connectivity index (χ3v) is 4.68. The van der Waals surface area contributed by atoms with Gasteiger partial charge >= 0.3 is 0 Å². The summed E-state index contributed by atoms with van der Waals surface area (Å²) in [6.07, 6.45) is 8.14. The Hall–Kier alpha value is -0.820. The molecule has 2 aliphatic carbocycles. The predicted molar refractivity (Wildman–Crippen MR) is 71.8 cm³/mol. The Balaban J connectivity index is 1.49. The van der Waals surface area contributed by atoms with Gasteiger partial charge in [0.25, 0.3) is 0 Å². The van der Waals surface area contributed by atoms with Crippen LogP contribution in [0.2, 0.25) is 0 Å². The number of hydrogen-bond acceptors (Lipinski definition) is 1. The summed E-state index contributed by atoms with van der Waals surface area (Å²) in [5.74, 6) is 2.80. The van der Waals surface area contributed by atoms with E-state index in [9.17, 15) is 0 Å². The second-order valence-corrected chi connectivity index (χ2v) is 6.03. The first-order valence-corrected chi connectivity index (χ1v) is 7.13. The highest BCUT2D eigenvalue weighted by molar-refractivity contribution is 5.25. The van der Waals surface area contributed by atoms with Gasteiger partial charge in [0, 0.05) is 6.04 Å². The van der Waals surface area contributed by atoms with Crippen molar-refractivity contribution < 1.29 is 0 Å². The van der Waals surface area contributed by atoms with Gasteiger partial charge in [0.2, 0.25) is 0 Å². The summed E-state index contributed by atoms with van der Waals surface area (Å²) in [7, 11) is 0. The molecule has 0 saturated heterocycles. The first kappa shape index (κ1) is 11.3. The van der Waals surface area contributed by atoms with Crippen molar-refractivity contribution in [3.8, 4) is 0 Å². The Morgan fingerprint density at radius 3 is 2.41 bits per heavy atom. The molecular formula is C16H23N. The standard InChI is InChI=1S/C16H23N/c17-15-8-6-12(7-9-15)10-14-11-16(14)13-4-2-1-3-5-13/h1-5,12,14-16H,6-11,17H2/t12?,14-,15?,16+/m1/s1. The fourth-order valence-electron chi connectivity index (χ4n) is 3.47. The minimum atomic E-state index is 0.496. The first-order valence-electron chi connectivity index (χ1n) is 7.13. The van der Waals surface area contributed by atoms with Crippen LogP contribution in [0.15, 0.2) is 30.3 Å². The summed E-state index contributed by atoms with van der Waals surface area (Å²) >= 11 is 0. The van der Waals surface area contributed by atoms with Crippen molar-refractivity contribution in [2.24, 2.45) is 17.6 Å². The molecule has 0 spiro atoms. The number of rotatable bonds is 3. The molecule has 1 heteroatoms. The normalized spacial score (nSPS) is 36.8. The lowest BCUT2D eigenvalue weighted by atomic mass is 9.83. The van der Waals surface area contributed by atoms with Gasteiger partial charge in [-0.25, -0.2) is 0 Å². The minimum absolute atomic E-state index is 0.496. The number of benzene rings is 1. The van der Waals surface area contributed by atoms with Gasteiger partial charge in [-0.1, -0.05) is 30.3 Å². The molecule has 0 radical (unpaired) electrons. The lowest BCUT2D eigenvalue weighted by Gasteiger charge is -2.26. The van der Waals surface area contributed by atoms with Gasteiger partial charge in [0.1, 0.15) is 0 Å². The smallest absolute Gasteiger partial charge is 0.00390 e. The average Bonchev–Trinajstić information content (AvgIpc) is 3.13. The molecule has 0 bridgehead atoms. The van der Waals surface area contributed by atoms with Crippen molar-refractivity contribution in [1.82, 2.24) is 0 Å². The summed E-state index contributed by atoms with van der Waals surface area (Å²) in [6, 6.07) is 11.5. The van der Waals surface area contributed by atoms with Crippen molar-refractivity contribution in [3.05, 3.63) is 35.9 Å². The quantitative estimate of drug-likeness (QED) is 0.840. The van der Waals surface area contributed by atoms with Crippen LogP contribution in [-0.4, -0.2) is 6.04 Å². The van der Waals surface area contributed by atoms with Crippen LogP contribution in [0.1, 0.15) is 50.0 Å². The Labute approximate surface area is 104 Å². The molecule has 1 aromatic rings. The molecule has 2 aliphatic rings. The molecule has 0 aromatic heterocycles. The summed E-state index contributed by atoms with van der Waals surface area (Å²) < 4.78 is 0. The lowest BCUT2D eigenvalue weighted by Crippen LogP contribution is -2.26. The Kier molecular flexibility index (Phi) is 3.19. The highest BCUT2D eigenvalue weighted by Crippen LogP contribution is 2.52. The molecule has 92 valence electrons. The van der Waals surface area contributed by atoms with Crippen LogP contribution in [0.3, 0.4) is 0 Å². The van der Waals surface area contributed by atoms with Crippen molar-refractivity contribution >= 4 is 0 Å². The molecule has 2 saturated carbocycles. The molecule has 0 aliphatic heterocycles. The summed E-state index contributed by atoms with van der Waals surface area (Å²) in [6.45, 7) is 0. The zero-order valence-corrected chi connectivity index (χ0v) is 10.5. The molecule has 0 amide bonds.